The fourth-order valence-electron chi connectivity index (χ4n) is 4.50. The monoisotopic (exact) mass is 519 g/mol. The van der Waals surface area contributed by atoms with E-state index in [1.165, 1.54) is 0 Å². The first-order valence-corrected chi connectivity index (χ1v) is 12.2. The van der Waals surface area contributed by atoms with Gasteiger partial charge in [0.05, 0.1) is 41.2 Å². The number of nitrogens with zero attached hydrogens (tertiary/aromatic N) is 4. The summed E-state index contributed by atoms with van der Waals surface area (Å²) in [6, 6.07) is 4.10. The number of alkyl halides is 2. The smallest absolute Gasteiger partial charge is 0.280 e. The number of hydrogen-bond acceptors (Lipinski definition) is 8. The van der Waals surface area contributed by atoms with Crippen LogP contribution in [0.15, 0.2) is 22.7 Å². The Bertz CT molecular complexity index is 1260. The number of piperidine rings is 1. The van der Waals surface area contributed by atoms with E-state index in [9.17, 15) is 8.78 Å². The van der Waals surface area contributed by atoms with Crippen molar-refractivity contribution in [2.45, 2.75) is 51.9 Å². The van der Waals surface area contributed by atoms with Crippen molar-refractivity contribution >= 4 is 17.4 Å². The molecule has 2 aliphatic rings. The van der Waals surface area contributed by atoms with E-state index in [1.807, 2.05) is 6.92 Å². The highest BCUT2D eigenvalue weighted by Gasteiger charge is 2.44. The molecule has 0 bridgehead atoms. The van der Waals surface area contributed by atoms with Crippen molar-refractivity contribution in [2.75, 3.05) is 32.1 Å². The predicted molar refractivity (Wildman–Crippen MR) is 132 cm³/mol. The number of anilines is 1. The van der Waals surface area contributed by atoms with Crippen LogP contribution in [0.1, 0.15) is 29.9 Å². The van der Waals surface area contributed by atoms with Crippen LogP contribution < -0.4 is 10.1 Å². The van der Waals surface area contributed by atoms with Gasteiger partial charge in [-0.15, -0.1) is 0 Å². The molecule has 0 amide bonds. The van der Waals surface area contributed by atoms with Crippen molar-refractivity contribution in [3.63, 3.8) is 0 Å². The number of nitrogens with one attached hydrogen (secondary N) is 1. The minimum atomic E-state index is -2.93. The molecule has 2 aliphatic heterocycles. The third-order valence-electron chi connectivity index (χ3n) is 6.62. The van der Waals surface area contributed by atoms with Crippen molar-refractivity contribution < 1.29 is 22.8 Å². The van der Waals surface area contributed by atoms with Crippen LogP contribution in [0.4, 0.5) is 14.6 Å². The van der Waals surface area contributed by atoms with Gasteiger partial charge in [-0.3, -0.25) is 0 Å². The maximum atomic E-state index is 14.9. The van der Waals surface area contributed by atoms with Crippen molar-refractivity contribution in [1.29, 1.82) is 0 Å². The largest absolute Gasteiger partial charge is 0.465 e. The fraction of sp³-hybridized carbons (Fsp3) is 0.480. The van der Waals surface area contributed by atoms with Gasteiger partial charge in [-0.2, -0.15) is 0 Å². The Hall–Kier alpha value is -2.82. The van der Waals surface area contributed by atoms with Gasteiger partial charge in [-0.25, -0.2) is 18.7 Å². The second-order valence-electron chi connectivity index (χ2n) is 9.40. The molecule has 192 valence electrons. The average Bonchev–Trinajstić information content (AvgIpc) is 3.12. The zero-order chi connectivity index (χ0) is 25.6. The van der Waals surface area contributed by atoms with E-state index >= 15 is 0 Å². The first kappa shape index (κ1) is 24.9. The second-order valence-corrected chi connectivity index (χ2v) is 9.81. The molecular formula is C25H28ClF2N5O3. The highest BCUT2D eigenvalue weighted by molar-refractivity contribution is 6.33. The van der Waals surface area contributed by atoms with Gasteiger partial charge in [0.2, 0.25) is 6.29 Å². The normalized spacial score (nSPS) is 21.8. The summed E-state index contributed by atoms with van der Waals surface area (Å²) in [6.45, 7) is 6.28. The summed E-state index contributed by atoms with van der Waals surface area (Å²) in [5.41, 5.74) is 3.01. The highest BCUT2D eigenvalue weighted by Crippen LogP contribution is 2.38. The van der Waals surface area contributed by atoms with Crippen molar-refractivity contribution in [2.24, 2.45) is 0 Å². The Morgan fingerprint density at radius 3 is 2.61 bits per heavy atom. The van der Waals surface area contributed by atoms with Crippen LogP contribution in [0, 0.1) is 20.8 Å². The number of rotatable bonds is 6. The third-order valence-corrected chi connectivity index (χ3v) is 6.95. The third kappa shape index (κ3) is 4.77. The molecule has 2 fully saturated rings. The van der Waals surface area contributed by atoms with Gasteiger partial charge in [-0.1, -0.05) is 16.8 Å². The molecule has 1 N–H and O–H groups in total. The van der Waals surface area contributed by atoms with Gasteiger partial charge >= 0.3 is 0 Å². The lowest BCUT2D eigenvalue weighted by molar-refractivity contribution is -0.165. The molecule has 36 heavy (non-hydrogen) atoms. The lowest BCUT2D eigenvalue weighted by Crippen LogP contribution is -2.53. The Labute approximate surface area is 212 Å². The summed E-state index contributed by atoms with van der Waals surface area (Å²) >= 11 is 6.56. The number of benzene rings is 1. The van der Waals surface area contributed by atoms with Crippen LogP contribution in [0.3, 0.4) is 0 Å². The first-order chi connectivity index (χ1) is 17.1. The van der Waals surface area contributed by atoms with Crippen LogP contribution >= 0.6 is 11.6 Å². The molecule has 2 saturated heterocycles. The van der Waals surface area contributed by atoms with Gasteiger partial charge < -0.3 is 24.2 Å². The van der Waals surface area contributed by atoms with Crippen LogP contribution in [-0.2, 0) is 4.74 Å². The van der Waals surface area contributed by atoms with Crippen molar-refractivity contribution in [3.8, 4) is 28.4 Å². The van der Waals surface area contributed by atoms with E-state index in [-0.39, 0.29) is 25.1 Å². The molecule has 0 spiro atoms. The molecule has 0 radical (unpaired) electrons. The quantitative estimate of drug-likeness (QED) is 0.472. The standard InChI is InChI=1S/C25H28ClF2N5O3/c1-13-22(21-14(2)32-36-15(21)3)30-24(17-11-16(5-6-18(17)26)35-20-8-10-34-20)31-23(13)29-19-7-9-33(4)12-25(19,27)28/h5-6,11,19-20H,7-10,12H2,1-4H3,(H,29,30,31)/t19?,20-/m1/s1. The number of aryl methyl sites for hydroxylation is 2. The molecule has 0 aliphatic carbocycles. The molecule has 0 saturated carbocycles. The minimum Gasteiger partial charge on any atom is -0.465 e. The van der Waals surface area contributed by atoms with E-state index in [0.717, 1.165) is 6.42 Å². The van der Waals surface area contributed by atoms with Crippen molar-refractivity contribution in [1.82, 2.24) is 20.0 Å². The van der Waals surface area contributed by atoms with E-state index in [2.05, 4.69) is 15.5 Å². The first-order valence-electron chi connectivity index (χ1n) is 11.9. The minimum absolute atomic E-state index is 0.272. The molecule has 1 aromatic carbocycles. The molecule has 2 atom stereocenters. The number of likely N-dealkylation sites (tertiary alicyclic amines) is 1. The average molecular weight is 520 g/mol. The van der Waals surface area contributed by atoms with Gasteiger partial charge in [0.15, 0.2) is 5.82 Å². The van der Waals surface area contributed by atoms with Gasteiger partial charge in [-0.05, 0) is 52.4 Å². The zero-order valence-corrected chi connectivity index (χ0v) is 21.3. The molecule has 8 nitrogen and oxygen atoms in total. The number of hydrogen-bond donors (Lipinski definition) is 1. The maximum absolute atomic E-state index is 14.9. The van der Waals surface area contributed by atoms with Gasteiger partial charge in [0.25, 0.3) is 5.92 Å². The summed E-state index contributed by atoms with van der Waals surface area (Å²) in [5, 5.41) is 7.48. The summed E-state index contributed by atoms with van der Waals surface area (Å²) in [5.74, 6) is -1.21. The predicted octanol–water partition coefficient (Wildman–Crippen LogP) is 5.25. The summed E-state index contributed by atoms with van der Waals surface area (Å²) in [7, 11) is 1.69. The molecule has 3 aromatic rings. The fourth-order valence-corrected chi connectivity index (χ4v) is 4.70. The highest BCUT2D eigenvalue weighted by atomic mass is 35.5. The SMILES string of the molecule is Cc1noc(C)c1-c1nc(-c2cc(O[C@@H]3CCO3)ccc2Cl)nc(NC2CCN(C)CC2(F)F)c1C. The number of halogens is 3. The Morgan fingerprint density at radius 2 is 1.97 bits per heavy atom. The van der Waals surface area contributed by atoms with E-state index in [4.69, 9.17) is 30.6 Å². The molecule has 11 heteroatoms. The van der Waals surface area contributed by atoms with Crippen LogP contribution in [0.5, 0.6) is 5.75 Å². The van der Waals surface area contributed by atoms with E-state index in [0.29, 0.717) is 63.6 Å². The molecular weight excluding hydrogens is 492 g/mol. The van der Waals surface area contributed by atoms with Crippen molar-refractivity contribution in [3.05, 3.63) is 40.2 Å². The topological polar surface area (TPSA) is 85.5 Å². The zero-order valence-electron chi connectivity index (χ0n) is 20.6. The van der Waals surface area contributed by atoms with Gasteiger partial charge in [0, 0.05) is 24.1 Å². The molecule has 4 heterocycles. The Morgan fingerprint density at radius 1 is 1.19 bits per heavy atom. The lowest BCUT2D eigenvalue weighted by Gasteiger charge is -2.37. The molecule has 2 aromatic heterocycles. The number of ether oxygens (including phenoxy) is 2. The summed E-state index contributed by atoms with van der Waals surface area (Å²) < 4.78 is 46.4. The van der Waals surface area contributed by atoms with Gasteiger partial charge in [0.1, 0.15) is 17.3 Å². The molecule has 5 rings (SSSR count). The summed E-state index contributed by atoms with van der Waals surface area (Å²) in [6.07, 6.45) is 0.766. The maximum Gasteiger partial charge on any atom is 0.280 e. The summed E-state index contributed by atoms with van der Waals surface area (Å²) in [4.78, 5) is 11.1. The molecule has 1 unspecified atom stereocenters. The lowest BCUT2D eigenvalue weighted by atomic mass is 10.00. The second kappa shape index (κ2) is 9.57. The van der Waals surface area contributed by atoms with Crippen LogP contribution in [-0.4, -0.2) is 65.0 Å². The number of aromatic nitrogens is 3. The Balaban J connectivity index is 1.61. The van der Waals surface area contributed by atoms with Crippen LogP contribution in [0.2, 0.25) is 5.02 Å². The Kier molecular flexibility index (Phi) is 6.61. The van der Waals surface area contributed by atoms with E-state index in [1.54, 1.807) is 44.0 Å². The van der Waals surface area contributed by atoms with Crippen LogP contribution in [0.25, 0.3) is 22.6 Å². The van der Waals surface area contributed by atoms with E-state index < -0.39 is 12.0 Å².